The number of hydrogen-bond donors (Lipinski definition) is 1. The Balaban J connectivity index is 1.80. The van der Waals surface area contributed by atoms with E-state index >= 15 is 0 Å². The van der Waals surface area contributed by atoms with Gasteiger partial charge in [-0.1, -0.05) is 0 Å². The van der Waals surface area contributed by atoms with Crippen molar-refractivity contribution in [3.63, 3.8) is 0 Å². The van der Waals surface area contributed by atoms with Crippen LogP contribution >= 0.6 is 0 Å². The molecule has 0 aromatic carbocycles. The van der Waals surface area contributed by atoms with Crippen LogP contribution < -0.4 is 5.32 Å². The molecule has 2 aliphatic rings. The van der Waals surface area contributed by atoms with Crippen LogP contribution in [0.15, 0.2) is 0 Å². The van der Waals surface area contributed by atoms with Crippen molar-refractivity contribution in [2.24, 2.45) is 5.92 Å². The molecule has 5 heteroatoms. The van der Waals surface area contributed by atoms with Gasteiger partial charge in [-0.2, -0.15) is 0 Å². The third-order valence-electron chi connectivity index (χ3n) is 4.42. The molecule has 122 valence electrons. The van der Waals surface area contributed by atoms with E-state index in [4.69, 9.17) is 4.74 Å². The van der Waals surface area contributed by atoms with Gasteiger partial charge in [0.25, 0.3) is 0 Å². The maximum atomic E-state index is 14.9. The number of rotatable bonds is 2. The molecule has 0 spiro atoms. The first-order valence-corrected chi connectivity index (χ1v) is 8.15. The number of nitrogens with one attached hydrogen (secondary N) is 1. The third kappa shape index (κ3) is 5.13. The van der Waals surface area contributed by atoms with E-state index in [1.165, 1.54) is 0 Å². The van der Waals surface area contributed by atoms with Gasteiger partial charge in [0.2, 0.25) is 0 Å². The molecule has 0 bridgehead atoms. The molecule has 2 fully saturated rings. The maximum absolute atomic E-state index is 14.9. The van der Waals surface area contributed by atoms with Crippen molar-refractivity contribution < 1.29 is 13.9 Å². The van der Waals surface area contributed by atoms with Gasteiger partial charge in [-0.15, -0.1) is 0 Å². The number of nitrogens with zero attached hydrogens (tertiary/aromatic N) is 1. The molecule has 0 saturated carbocycles. The van der Waals surface area contributed by atoms with Gasteiger partial charge >= 0.3 is 6.09 Å². The number of halogens is 1. The summed E-state index contributed by atoms with van der Waals surface area (Å²) in [4.78, 5) is 13.6. The summed E-state index contributed by atoms with van der Waals surface area (Å²) in [6.07, 6.45) is 3.36. The van der Waals surface area contributed by atoms with Gasteiger partial charge in [0, 0.05) is 13.1 Å². The minimum absolute atomic E-state index is 0.314. The van der Waals surface area contributed by atoms with Gasteiger partial charge in [-0.05, 0) is 71.9 Å². The Morgan fingerprint density at radius 3 is 2.38 bits per heavy atom. The summed E-state index contributed by atoms with van der Waals surface area (Å²) >= 11 is 0. The van der Waals surface area contributed by atoms with Crippen molar-refractivity contribution in [2.75, 3.05) is 26.2 Å². The molecular weight excluding hydrogens is 271 g/mol. The minimum atomic E-state index is -1.10. The lowest BCUT2D eigenvalue weighted by Gasteiger charge is -2.39. The zero-order valence-electron chi connectivity index (χ0n) is 13.6. The van der Waals surface area contributed by atoms with Crippen molar-refractivity contribution in [2.45, 2.75) is 64.1 Å². The van der Waals surface area contributed by atoms with E-state index in [1.807, 2.05) is 20.8 Å². The first kappa shape index (κ1) is 16.5. The number of alkyl halides is 1. The fourth-order valence-electron chi connectivity index (χ4n) is 3.22. The minimum Gasteiger partial charge on any atom is -0.444 e. The molecule has 2 rings (SSSR count). The van der Waals surface area contributed by atoms with Crippen LogP contribution in [0.4, 0.5) is 9.18 Å². The first-order chi connectivity index (χ1) is 9.77. The molecule has 2 aliphatic heterocycles. The standard InChI is InChI=1S/C16H29FN2O2/c1-15(2,3)21-14(20)19-10-6-16(17,7-11-19)12-13-4-8-18-9-5-13/h13,18H,4-12H2,1-3H3. The summed E-state index contributed by atoms with van der Waals surface area (Å²) in [5, 5.41) is 3.32. The average Bonchev–Trinajstić information content (AvgIpc) is 2.38. The van der Waals surface area contributed by atoms with Gasteiger partial charge in [0.05, 0.1) is 0 Å². The van der Waals surface area contributed by atoms with Crippen LogP contribution in [0.2, 0.25) is 0 Å². The molecular formula is C16H29FN2O2. The van der Waals surface area contributed by atoms with Crippen LogP contribution in [-0.2, 0) is 4.74 Å². The summed E-state index contributed by atoms with van der Waals surface area (Å²) < 4.78 is 20.3. The van der Waals surface area contributed by atoms with Crippen LogP contribution in [-0.4, -0.2) is 48.4 Å². The van der Waals surface area contributed by atoms with Crippen molar-refractivity contribution in [1.29, 1.82) is 0 Å². The second-order valence-electron chi connectivity index (χ2n) is 7.52. The number of carbonyl (C=O) groups excluding carboxylic acids is 1. The molecule has 0 aromatic rings. The topological polar surface area (TPSA) is 41.6 Å². The summed E-state index contributed by atoms with van der Waals surface area (Å²) in [5.74, 6) is 0.490. The highest BCUT2D eigenvalue weighted by molar-refractivity contribution is 5.68. The molecule has 0 atom stereocenters. The molecule has 4 nitrogen and oxygen atoms in total. The molecule has 0 unspecified atom stereocenters. The van der Waals surface area contributed by atoms with Crippen molar-refractivity contribution in [3.05, 3.63) is 0 Å². The number of ether oxygens (including phenoxy) is 1. The van der Waals surface area contributed by atoms with Crippen LogP contribution in [0.3, 0.4) is 0 Å². The van der Waals surface area contributed by atoms with Crippen molar-refractivity contribution in [1.82, 2.24) is 10.2 Å². The van der Waals surface area contributed by atoms with Crippen molar-refractivity contribution in [3.8, 4) is 0 Å². The average molecular weight is 300 g/mol. The predicted octanol–water partition coefficient (Wildman–Crippen LogP) is 3.12. The Bertz CT molecular complexity index is 354. The summed E-state index contributed by atoms with van der Waals surface area (Å²) in [7, 11) is 0. The first-order valence-electron chi connectivity index (χ1n) is 8.15. The summed E-state index contributed by atoms with van der Waals surface area (Å²) in [5.41, 5.74) is -1.59. The molecule has 0 aliphatic carbocycles. The van der Waals surface area contributed by atoms with E-state index in [9.17, 15) is 9.18 Å². The lowest BCUT2D eigenvalue weighted by Crippen LogP contribution is -2.47. The SMILES string of the molecule is CC(C)(C)OC(=O)N1CCC(F)(CC2CCNCC2)CC1. The van der Waals surface area contributed by atoms with Gasteiger partial charge in [-0.3, -0.25) is 0 Å². The largest absolute Gasteiger partial charge is 0.444 e. The lowest BCUT2D eigenvalue weighted by molar-refractivity contribution is -0.00356. The Labute approximate surface area is 127 Å². The second kappa shape index (κ2) is 6.51. The molecule has 2 heterocycles. The zero-order valence-corrected chi connectivity index (χ0v) is 13.6. The Kier molecular flexibility index (Phi) is 5.12. The molecule has 0 radical (unpaired) electrons. The Morgan fingerprint density at radius 1 is 1.29 bits per heavy atom. The monoisotopic (exact) mass is 300 g/mol. The lowest BCUT2D eigenvalue weighted by atomic mass is 9.81. The quantitative estimate of drug-likeness (QED) is 0.852. The number of piperidine rings is 2. The fourth-order valence-corrected chi connectivity index (χ4v) is 3.22. The third-order valence-corrected chi connectivity index (χ3v) is 4.42. The second-order valence-corrected chi connectivity index (χ2v) is 7.52. The normalized spacial score (nSPS) is 23.9. The van der Waals surface area contributed by atoms with Gasteiger partial charge in [0.15, 0.2) is 0 Å². The summed E-state index contributed by atoms with van der Waals surface area (Å²) in [6, 6.07) is 0. The molecule has 0 aromatic heterocycles. The van der Waals surface area contributed by atoms with Gasteiger partial charge < -0.3 is 15.0 Å². The van der Waals surface area contributed by atoms with Crippen LogP contribution in [0.5, 0.6) is 0 Å². The highest BCUT2D eigenvalue weighted by atomic mass is 19.1. The van der Waals surface area contributed by atoms with E-state index < -0.39 is 11.3 Å². The number of amides is 1. The smallest absolute Gasteiger partial charge is 0.410 e. The van der Waals surface area contributed by atoms with Gasteiger partial charge in [0.1, 0.15) is 11.3 Å². The Hall–Kier alpha value is -0.840. The van der Waals surface area contributed by atoms with Gasteiger partial charge in [-0.25, -0.2) is 9.18 Å². The van der Waals surface area contributed by atoms with Crippen molar-refractivity contribution >= 4 is 6.09 Å². The highest BCUT2D eigenvalue weighted by Crippen LogP contribution is 2.35. The molecule has 21 heavy (non-hydrogen) atoms. The van der Waals surface area contributed by atoms with Crippen LogP contribution in [0.25, 0.3) is 0 Å². The maximum Gasteiger partial charge on any atom is 0.410 e. The highest BCUT2D eigenvalue weighted by Gasteiger charge is 2.38. The molecule has 1 N–H and O–H groups in total. The van der Waals surface area contributed by atoms with E-state index in [-0.39, 0.29) is 6.09 Å². The van der Waals surface area contributed by atoms with E-state index in [0.717, 1.165) is 25.9 Å². The van der Waals surface area contributed by atoms with Crippen LogP contribution in [0.1, 0.15) is 52.9 Å². The predicted molar refractivity (Wildman–Crippen MR) is 81.1 cm³/mol. The number of likely N-dealkylation sites (tertiary alicyclic amines) is 1. The van der Waals surface area contributed by atoms with Crippen LogP contribution in [0, 0.1) is 5.92 Å². The fraction of sp³-hybridized carbons (Fsp3) is 0.938. The number of carbonyl (C=O) groups is 1. The molecule has 1 amide bonds. The summed E-state index contributed by atoms with van der Waals surface area (Å²) in [6.45, 7) is 8.50. The zero-order chi connectivity index (χ0) is 15.5. The molecule has 2 saturated heterocycles. The van der Waals surface area contributed by atoms with E-state index in [0.29, 0.717) is 38.3 Å². The van der Waals surface area contributed by atoms with E-state index in [1.54, 1.807) is 4.90 Å². The number of hydrogen-bond acceptors (Lipinski definition) is 3. The van der Waals surface area contributed by atoms with E-state index in [2.05, 4.69) is 5.32 Å². The Morgan fingerprint density at radius 2 is 1.86 bits per heavy atom.